The lowest BCUT2D eigenvalue weighted by atomic mass is 9.86. The second-order valence-corrected chi connectivity index (χ2v) is 10.0. The molecular weight excluding hydrogens is 414 g/mol. The van der Waals surface area contributed by atoms with Crippen molar-refractivity contribution in [1.82, 2.24) is 5.32 Å². The van der Waals surface area contributed by atoms with E-state index in [-0.39, 0.29) is 23.7 Å². The predicted octanol–water partition coefficient (Wildman–Crippen LogP) is 4.07. The van der Waals surface area contributed by atoms with Crippen LogP contribution in [0.5, 0.6) is 0 Å². The zero-order valence-corrected chi connectivity index (χ0v) is 19.0. The first kappa shape index (κ1) is 22.4. The lowest BCUT2D eigenvalue weighted by Gasteiger charge is -2.43. The van der Waals surface area contributed by atoms with Gasteiger partial charge in [0.05, 0.1) is 12.1 Å². The number of carbonyl (C=O) groups excluding carboxylic acids is 2. The van der Waals surface area contributed by atoms with Crippen LogP contribution in [0, 0.1) is 0 Å². The van der Waals surface area contributed by atoms with E-state index in [0.29, 0.717) is 18.1 Å². The maximum Gasteiger partial charge on any atom is 0.330 e. The van der Waals surface area contributed by atoms with E-state index < -0.39 is 17.9 Å². The Morgan fingerprint density at radius 3 is 2.74 bits per heavy atom. The van der Waals surface area contributed by atoms with E-state index >= 15 is 0 Å². The van der Waals surface area contributed by atoms with Crippen LogP contribution in [-0.4, -0.2) is 46.1 Å². The minimum absolute atomic E-state index is 0.159. The number of thioether (sulfide) groups is 1. The van der Waals surface area contributed by atoms with Gasteiger partial charge < -0.3 is 19.9 Å². The molecule has 1 aromatic rings. The molecule has 6 nitrogen and oxygen atoms in total. The number of fused-ring (bicyclic) bond motifs is 3. The van der Waals surface area contributed by atoms with Crippen molar-refractivity contribution in [2.24, 2.45) is 0 Å². The van der Waals surface area contributed by atoms with Crippen LogP contribution in [0.2, 0.25) is 0 Å². The molecule has 2 bridgehead atoms. The summed E-state index contributed by atoms with van der Waals surface area (Å²) in [6.45, 7) is 4.18. The molecule has 2 N–H and O–H groups in total. The molecule has 1 amide bonds. The maximum atomic E-state index is 12.6. The number of nitrogens with one attached hydrogen (secondary N) is 1. The molecule has 0 aromatic heterocycles. The Hall–Kier alpha value is -1.83. The fraction of sp³-hybridized carbons (Fsp3) is 0.583. The number of hydrogen-bond donors (Lipinski definition) is 2. The summed E-state index contributed by atoms with van der Waals surface area (Å²) in [4.78, 5) is 24.3. The van der Waals surface area contributed by atoms with E-state index in [9.17, 15) is 14.7 Å². The standard InChI is InChI=1S/C24H31NO5S/c1-15-7-9-17-5-3-4-6-20(17)16(2)8-10-18-12-19(29-22(26)11-15)13-24(28,30-18)21-14-31-23(27)25-21/h3-6,11,16,18-19,21,28H,7-10,12-14H2,1-2H3,(H,25,27)/t16-,18+,19+,21-,24+/m0/s1. The van der Waals surface area contributed by atoms with Gasteiger partial charge in [0.1, 0.15) is 6.10 Å². The van der Waals surface area contributed by atoms with Crippen LogP contribution in [0.15, 0.2) is 35.9 Å². The van der Waals surface area contributed by atoms with E-state index in [0.717, 1.165) is 43.0 Å². The van der Waals surface area contributed by atoms with E-state index in [1.54, 1.807) is 6.08 Å². The zero-order chi connectivity index (χ0) is 22.0. The normalized spacial score (nSPS) is 34.7. The second-order valence-electron chi connectivity index (χ2n) is 9.05. The van der Waals surface area contributed by atoms with Crippen LogP contribution in [0.25, 0.3) is 0 Å². The average molecular weight is 446 g/mol. The second kappa shape index (κ2) is 9.35. The summed E-state index contributed by atoms with van der Waals surface area (Å²) < 4.78 is 11.9. The Kier molecular flexibility index (Phi) is 6.74. The molecule has 3 aliphatic heterocycles. The van der Waals surface area contributed by atoms with Gasteiger partial charge >= 0.3 is 5.97 Å². The van der Waals surface area contributed by atoms with Crippen LogP contribution in [-0.2, 0) is 20.7 Å². The SMILES string of the molecule is CC1=CC(=O)O[C@@H]2C[C@@H](CC[C@H](C)c3ccccc3CC1)O[C@@](O)([C@@H]1CSC(=O)N1)C2. The molecule has 2 saturated heterocycles. The van der Waals surface area contributed by atoms with Gasteiger partial charge in [0.2, 0.25) is 0 Å². The highest BCUT2D eigenvalue weighted by molar-refractivity contribution is 8.14. The quantitative estimate of drug-likeness (QED) is 0.634. The Bertz CT molecular complexity index is 871. The minimum Gasteiger partial charge on any atom is -0.459 e. The smallest absolute Gasteiger partial charge is 0.330 e. The van der Waals surface area contributed by atoms with Crippen molar-refractivity contribution >= 4 is 23.0 Å². The third kappa shape index (κ3) is 5.33. The van der Waals surface area contributed by atoms with Gasteiger partial charge in [-0.1, -0.05) is 48.5 Å². The third-order valence-electron chi connectivity index (χ3n) is 6.58. The molecule has 0 radical (unpaired) electrons. The summed E-state index contributed by atoms with van der Waals surface area (Å²) in [7, 11) is 0. The van der Waals surface area contributed by atoms with Crippen LogP contribution in [0.3, 0.4) is 0 Å². The zero-order valence-electron chi connectivity index (χ0n) is 18.1. The van der Waals surface area contributed by atoms with Crippen LogP contribution in [0.1, 0.15) is 63.0 Å². The molecule has 3 heterocycles. The van der Waals surface area contributed by atoms with E-state index in [4.69, 9.17) is 9.47 Å². The van der Waals surface area contributed by atoms with Crippen molar-refractivity contribution < 1.29 is 24.2 Å². The molecular formula is C24H31NO5S. The van der Waals surface area contributed by atoms with Crippen LogP contribution < -0.4 is 5.32 Å². The summed E-state index contributed by atoms with van der Waals surface area (Å²) in [6.07, 6.45) is 4.90. The topological polar surface area (TPSA) is 84.9 Å². The van der Waals surface area contributed by atoms with Crippen molar-refractivity contribution in [2.75, 3.05) is 5.75 Å². The van der Waals surface area contributed by atoms with Crippen LogP contribution in [0.4, 0.5) is 4.79 Å². The first-order valence-corrected chi connectivity index (χ1v) is 12.1. The molecule has 0 unspecified atom stereocenters. The van der Waals surface area contributed by atoms with Gasteiger partial charge in [0.25, 0.3) is 5.24 Å². The Morgan fingerprint density at radius 2 is 1.97 bits per heavy atom. The molecule has 31 heavy (non-hydrogen) atoms. The number of amides is 1. The van der Waals surface area contributed by atoms with Gasteiger partial charge in [0, 0.05) is 24.7 Å². The fourth-order valence-electron chi connectivity index (χ4n) is 4.84. The minimum atomic E-state index is -1.54. The molecule has 7 heteroatoms. The average Bonchev–Trinajstić information content (AvgIpc) is 3.17. The summed E-state index contributed by atoms with van der Waals surface area (Å²) in [5.41, 5.74) is 3.61. The molecule has 4 rings (SSSR count). The Balaban J connectivity index is 1.60. The lowest BCUT2D eigenvalue weighted by molar-refractivity contribution is -0.283. The first-order chi connectivity index (χ1) is 14.8. The number of aryl methyl sites for hydroxylation is 1. The first-order valence-electron chi connectivity index (χ1n) is 11.1. The third-order valence-corrected chi connectivity index (χ3v) is 7.46. The van der Waals surface area contributed by atoms with Crippen molar-refractivity contribution in [3.05, 3.63) is 47.0 Å². The molecule has 2 fully saturated rings. The van der Waals surface area contributed by atoms with Crippen molar-refractivity contribution in [3.63, 3.8) is 0 Å². The Labute approximate surface area is 187 Å². The highest BCUT2D eigenvalue weighted by atomic mass is 32.2. The number of ether oxygens (including phenoxy) is 2. The van der Waals surface area contributed by atoms with Crippen LogP contribution >= 0.6 is 11.8 Å². The highest BCUT2D eigenvalue weighted by Crippen LogP contribution is 2.38. The number of esters is 1. The highest BCUT2D eigenvalue weighted by Gasteiger charge is 2.49. The number of carbonyl (C=O) groups is 2. The largest absolute Gasteiger partial charge is 0.459 e. The number of benzene rings is 1. The summed E-state index contributed by atoms with van der Waals surface area (Å²) in [5, 5.41) is 13.9. The van der Waals surface area contributed by atoms with Gasteiger partial charge in [0.15, 0.2) is 5.79 Å². The van der Waals surface area contributed by atoms with Gasteiger partial charge in [-0.05, 0) is 49.7 Å². The molecule has 3 aliphatic rings. The summed E-state index contributed by atoms with van der Waals surface area (Å²) in [5.74, 6) is -1.13. The number of aliphatic hydroxyl groups is 1. The monoisotopic (exact) mass is 445 g/mol. The number of hydrogen-bond acceptors (Lipinski definition) is 6. The van der Waals surface area contributed by atoms with Crippen molar-refractivity contribution in [1.29, 1.82) is 0 Å². The molecule has 1 aromatic carbocycles. The van der Waals surface area contributed by atoms with Gasteiger partial charge in [-0.2, -0.15) is 0 Å². The predicted molar refractivity (Wildman–Crippen MR) is 120 cm³/mol. The van der Waals surface area contributed by atoms with Gasteiger partial charge in [-0.25, -0.2) is 4.79 Å². The van der Waals surface area contributed by atoms with Crippen molar-refractivity contribution in [2.45, 2.75) is 82.3 Å². The number of allylic oxidation sites excluding steroid dienone is 1. The molecule has 168 valence electrons. The maximum absolute atomic E-state index is 12.6. The van der Waals surface area contributed by atoms with Gasteiger partial charge in [-0.15, -0.1) is 0 Å². The fourth-order valence-corrected chi connectivity index (χ4v) is 5.73. The lowest BCUT2D eigenvalue weighted by Crippen LogP contribution is -2.58. The molecule has 5 atom stereocenters. The Morgan fingerprint density at radius 1 is 1.16 bits per heavy atom. The molecule has 0 saturated carbocycles. The number of rotatable bonds is 1. The van der Waals surface area contributed by atoms with E-state index in [1.165, 1.54) is 11.1 Å². The summed E-state index contributed by atoms with van der Waals surface area (Å²) in [6, 6.07) is 7.97. The van der Waals surface area contributed by atoms with Gasteiger partial charge in [-0.3, -0.25) is 4.79 Å². The molecule has 0 spiro atoms. The van der Waals surface area contributed by atoms with E-state index in [1.807, 2.05) is 6.92 Å². The van der Waals surface area contributed by atoms with E-state index in [2.05, 4.69) is 36.5 Å². The molecule has 0 aliphatic carbocycles. The van der Waals surface area contributed by atoms with Crippen molar-refractivity contribution in [3.8, 4) is 0 Å². The summed E-state index contributed by atoms with van der Waals surface area (Å²) >= 11 is 1.14.